The van der Waals surface area contributed by atoms with E-state index in [0.29, 0.717) is 13.2 Å². The first-order chi connectivity index (χ1) is 7.28. The van der Waals surface area contributed by atoms with Gasteiger partial charge in [-0.05, 0) is 24.6 Å². The standard InChI is InChI=1S/C12H24O3Si/c1-12(2,3)16(4,5)15-7-6-14-11-8-10(11)9-13/h9-11H,6-8H2,1-5H3. The van der Waals surface area contributed by atoms with E-state index in [4.69, 9.17) is 9.16 Å². The molecule has 16 heavy (non-hydrogen) atoms. The number of ether oxygens (including phenoxy) is 1. The predicted octanol–water partition coefficient (Wildman–Crippen LogP) is 2.61. The first-order valence-corrected chi connectivity index (χ1v) is 8.89. The lowest BCUT2D eigenvalue weighted by Gasteiger charge is -2.36. The van der Waals surface area contributed by atoms with Crippen molar-refractivity contribution >= 4 is 14.6 Å². The maximum atomic E-state index is 10.4. The Labute approximate surface area is 99.6 Å². The highest BCUT2D eigenvalue weighted by Gasteiger charge is 2.39. The summed E-state index contributed by atoms with van der Waals surface area (Å²) in [6, 6.07) is 0. The van der Waals surface area contributed by atoms with E-state index in [0.717, 1.165) is 12.7 Å². The van der Waals surface area contributed by atoms with Crippen LogP contribution in [0.1, 0.15) is 27.2 Å². The zero-order chi connectivity index (χ0) is 12.4. The molecule has 0 aromatic heterocycles. The summed E-state index contributed by atoms with van der Waals surface area (Å²) in [5.74, 6) is 0.146. The molecule has 1 fully saturated rings. The van der Waals surface area contributed by atoms with Gasteiger partial charge in [-0.15, -0.1) is 0 Å². The maximum absolute atomic E-state index is 10.4. The third-order valence-corrected chi connectivity index (χ3v) is 8.18. The third-order valence-electron chi connectivity index (χ3n) is 3.64. The van der Waals surface area contributed by atoms with Gasteiger partial charge in [0.1, 0.15) is 6.29 Å². The molecule has 1 saturated carbocycles. The minimum absolute atomic E-state index is 0.146. The van der Waals surface area contributed by atoms with Crippen molar-refractivity contribution in [3.05, 3.63) is 0 Å². The van der Waals surface area contributed by atoms with Crippen LogP contribution in [0.4, 0.5) is 0 Å². The van der Waals surface area contributed by atoms with Crippen molar-refractivity contribution < 1.29 is 14.0 Å². The summed E-state index contributed by atoms with van der Waals surface area (Å²) >= 11 is 0. The molecule has 0 saturated heterocycles. The summed E-state index contributed by atoms with van der Waals surface area (Å²) in [5, 5.41) is 0.248. The Hall–Kier alpha value is -0.193. The topological polar surface area (TPSA) is 35.5 Å². The fourth-order valence-corrected chi connectivity index (χ4v) is 2.26. The Balaban J connectivity index is 2.14. The van der Waals surface area contributed by atoms with E-state index >= 15 is 0 Å². The van der Waals surface area contributed by atoms with Gasteiger partial charge in [-0.1, -0.05) is 20.8 Å². The number of hydrogen-bond acceptors (Lipinski definition) is 3. The molecule has 0 heterocycles. The summed E-state index contributed by atoms with van der Waals surface area (Å²) in [6.07, 6.45) is 2.05. The Morgan fingerprint density at radius 1 is 1.31 bits per heavy atom. The zero-order valence-electron chi connectivity index (χ0n) is 11.1. The van der Waals surface area contributed by atoms with Crippen molar-refractivity contribution in [2.45, 2.75) is 51.4 Å². The Bertz CT molecular complexity index is 245. The van der Waals surface area contributed by atoms with Gasteiger partial charge in [0.05, 0.1) is 19.3 Å². The zero-order valence-corrected chi connectivity index (χ0v) is 12.1. The van der Waals surface area contributed by atoms with E-state index in [2.05, 4.69) is 33.9 Å². The Morgan fingerprint density at radius 3 is 2.38 bits per heavy atom. The summed E-state index contributed by atoms with van der Waals surface area (Å²) in [5.41, 5.74) is 0. The molecule has 0 N–H and O–H groups in total. The second kappa shape index (κ2) is 4.98. The lowest BCUT2D eigenvalue weighted by atomic mass is 10.2. The highest BCUT2D eigenvalue weighted by Crippen LogP contribution is 2.36. The lowest BCUT2D eigenvalue weighted by Crippen LogP contribution is -2.41. The van der Waals surface area contributed by atoms with Gasteiger partial charge in [-0.25, -0.2) is 0 Å². The van der Waals surface area contributed by atoms with E-state index in [-0.39, 0.29) is 17.1 Å². The molecule has 0 aromatic carbocycles. The largest absolute Gasteiger partial charge is 0.414 e. The van der Waals surface area contributed by atoms with Crippen LogP contribution in [-0.2, 0) is 14.0 Å². The number of carbonyl (C=O) groups is 1. The Kier molecular flexibility index (Phi) is 4.32. The smallest absolute Gasteiger partial charge is 0.192 e. The first-order valence-electron chi connectivity index (χ1n) is 5.99. The van der Waals surface area contributed by atoms with Gasteiger partial charge in [0.15, 0.2) is 8.32 Å². The molecular formula is C12H24O3Si. The van der Waals surface area contributed by atoms with E-state index in [1.54, 1.807) is 0 Å². The van der Waals surface area contributed by atoms with Crippen molar-refractivity contribution in [2.24, 2.45) is 5.92 Å². The summed E-state index contributed by atoms with van der Waals surface area (Å²) in [7, 11) is -1.63. The molecule has 2 unspecified atom stereocenters. The van der Waals surface area contributed by atoms with Crippen molar-refractivity contribution in [3.8, 4) is 0 Å². The summed E-state index contributed by atoms with van der Waals surface area (Å²) < 4.78 is 11.5. The van der Waals surface area contributed by atoms with Crippen LogP contribution < -0.4 is 0 Å². The number of hydrogen-bond donors (Lipinski definition) is 0. The van der Waals surface area contributed by atoms with Crippen molar-refractivity contribution in [2.75, 3.05) is 13.2 Å². The highest BCUT2D eigenvalue weighted by atomic mass is 28.4. The number of carbonyl (C=O) groups excluding carboxylic acids is 1. The van der Waals surface area contributed by atoms with Crippen LogP contribution in [0.15, 0.2) is 0 Å². The molecule has 4 heteroatoms. The van der Waals surface area contributed by atoms with Crippen LogP contribution >= 0.6 is 0 Å². The van der Waals surface area contributed by atoms with Gasteiger partial charge in [0.25, 0.3) is 0 Å². The predicted molar refractivity (Wildman–Crippen MR) is 67.1 cm³/mol. The van der Waals surface area contributed by atoms with Crippen LogP contribution in [0, 0.1) is 5.92 Å². The third kappa shape index (κ3) is 3.68. The maximum Gasteiger partial charge on any atom is 0.192 e. The van der Waals surface area contributed by atoms with Crippen LogP contribution in [0.2, 0.25) is 18.1 Å². The minimum Gasteiger partial charge on any atom is -0.414 e. The van der Waals surface area contributed by atoms with Crippen molar-refractivity contribution in [1.29, 1.82) is 0 Å². The quantitative estimate of drug-likeness (QED) is 0.409. The fourth-order valence-electron chi connectivity index (χ4n) is 1.24. The molecule has 0 spiro atoms. The van der Waals surface area contributed by atoms with Gasteiger partial charge in [-0.2, -0.15) is 0 Å². The van der Waals surface area contributed by atoms with Crippen molar-refractivity contribution in [3.63, 3.8) is 0 Å². The highest BCUT2D eigenvalue weighted by molar-refractivity contribution is 6.74. The second-order valence-corrected chi connectivity index (χ2v) is 10.9. The average molecular weight is 244 g/mol. The number of aldehydes is 1. The molecule has 3 nitrogen and oxygen atoms in total. The molecule has 0 bridgehead atoms. The molecule has 1 aliphatic rings. The van der Waals surface area contributed by atoms with Crippen LogP contribution in [0.3, 0.4) is 0 Å². The van der Waals surface area contributed by atoms with Crippen LogP contribution in [-0.4, -0.2) is 33.9 Å². The molecule has 0 aliphatic heterocycles. The second-order valence-electron chi connectivity index (χ2n) is 6.05. The van der Waals surface area contributed by atoms with Gasteiger partial charge in [0, 0.05) is 5.92 Å². The molecule has 1 rings (SSSR count). The summed E-state index contributed by atoms with van der Waals surface area (Å²) in [4.78, 5) is 10.4. The van der Waals surface area contributed by atoms with E-state index in [1.807, 2.05) is 0 Å². The van der Waals surface area contributed by atoms with Gasteiger partial charge < -0.3 is 14.0 Å². The summed E-state index contributed by atoms with van der Waals surface area (Å²) in [6.45, 7) is 12.4. The van der Waals surface area contributed by atoms with Crippen LogP contribution in [0.25, 0.3) is 0 Å². The van der Waals surface area contributed by atoms with E-state index < -0.39 is 8.32 Å². The Morgan fingerprint density at radius 2 is 1.94 bits per heavy atom. The lowest BCUT2D eigenvalue weighted by molar-refractivity contribution is -0.109. The SMILES string of the molecule is CC(C)(C)[Si](C)(C)OCCOC1CC1C=O. The molecule has 94 valence electrons. The monoisotopic (exact) mass is 244 g/mol. The van der Waals surface area contributed by atoms with E-state index in [9.17, 15) is 4.79 Å². The molecule has 2 atom stereocenters. The van der Waals surface area contributed by atoms with Gasteiger partial charge >= 0.3 is 0 Å². The molecule has 0 radical (unpaired) electrons. The molecule has 0 aromatic rings. The molecule has 1 aliphatic carbocycles. The normalized spacial score (nSPS) is 25.6. The van der Waals surface area contributed by atoms with Gasteiger partial charge in [0.2, 0.25) is 0 Å². The first kappa shape index (κ1) is 13.9. The molecular weight excluding hydrogens is 220 g/mol. The van der Waals surface area contributed by atoms with Crippen LogP contribution in [0.5, 0.6) is 0 Å². The van der Waals surface area contributed by atoms with Gasteiger partial charge in [-0.3, -0.25) is 0 Å². The number of rotatable bonds is 6. The molecule has 0 amide bonds. The average Bonchev–Trinajstić information content (AvgIpc) is 2.89. The van der Waals surface area contributed by atoms with E-state index in [1.165, 1.54) is 0 Å². The van der Waals surface area contributed by atoms with Crippen molar-refractivity contribution in [1.82, 2.24) is 0 Å². The minimum atomic E-state index is -1.63. The fraction of sp³-hybridized carbons (Fsp3) is 0.917.